The van der Waals surface area contributed by atoms with Crippen LogP contribution >= 0.6 is 11.6 Å². The van der Waals surface area contributed by atoms with Crippen molar-refractivity contribution in [3.05, 3.63) is 47.6 Å². The van der Waals surface area contributed by atoms with Gasteiger partial charge in [-0.15, -0.1) is 0 Å². The number of likely N-dealkylation sites (tertiary alicyclic amines) is 1. The zero-order valence-electron chi connectivity index (χ0n) is 23.0. The van der Waals surface area contributed by atoms with E-state index < -0.39 is 5.82 Å². The first kappa shape index (κ1) is 27.2. The number of ether oxygens (including phenoxy) is 2. The van der Waals surface area contributed by atoms with E-state index in [1.807, 2.05) is 17.0 Å². The summed E-state index contributed by atoms with van der Waals surface area (Å²) in [5, 5.41) is 15.1. The lowest BCUT2D eigenvalue weighted by molar-refractivity contribution is 0.0287. The number of morpholine rings is 1. The van der Waals surface area contributed by atoms with Gasteiger partial charge in [0.05, 0.1) is 37.2 Å². The normalized spacial score (nSPS) is 22.2. The van der Waals surface area contributed by atoms with Crippen molar-refractivity contribution in [1.82, 2.24) is 30.2 Å². The van der Waals surface area contributed by atoms with Crippen LogP contribution in [0.15, 0.2) is 36.8 Å². The van der Waals surface area contributed by atoms with Gasteiger partial charge in [-0.25, -0.2) is 4.39 Å². The molecule has 0 unspecified atom stereocenters. The van der Waals surface area contributed by atoms with E-state index in [1.54, 1.807) is 24.7 Å². The first-order valence-electron chi connectivity index (χ1n) is 14.3. The molecule has 0 saturated carbocycles. The number of nitriles is 1. The van der Waals surface area contributed by atoms with Gasteiger partial charge in [0.15, 0.2) is 5.82 Å². The Morgan fingerprint density at radius 3 is 2.98 bits per heavy atom. The van der Waals surface area contributed by atoms with Crippen LogP contribution in [0.4, 0.5) is 10.2 Å². The number of aromatic nitrogens is 4. The molecule has 3 saturated heterocycles. The van der Waals surface area contributed by atoms with Gasteiger partial charge in [0.1, 0.15) is 17.0 Å². The molecule has 4 aromatic rings. The second-order valence-corrected chi connectivity index (χ2v) is 11.4. The van der Waals surface area contributed by atoms with E-state index in [-0.39, 0.29) is 23.3 Å². The minimum Gasteiger partial charge on any atom is -0.463 e. The molecular formula is C30H30ClFN8O2. The standard InChI is InChI=1S/C30H30ClFN8O2/c31-24-4-1-3-18-12-34-13-22(25(18)24)27-26(32)28-23(14-36-27)29(40-9-7-35-19(15-40)5-6-33)38-30(37-28)41-10-2-8-39-16-21-11-20(39)17-42-21/h1,3-4,12-14,19-21,35H,2,5,7-11,15-17H2/t19-,20-,21-/m0/s1. The average molecular weight is 589 g/mol. The average Bonchev–Trinajstić information content (AvgIpc) is 3.64. The van der Waals surface area contributed by atoms with Gasteiger partial charge < -0.3 is 19.7 Å². The fourth-order valence-electron chi connectivity index (χ4n) is 6.33. The van der Waals surface area contributed by atoms with Gasteiger partial charge in [-0.2, -0.15) is 15.2 Å². The summed E-state index contributed by atoms with van der Waals surface area (Å²) in [7, 11) is 0. The molecule has 3 fully saturated rings. The summed E-state index contributed by atoms with van der Waals surface area (Å²) in [5.41, 5.74) is 0.715. The molecule has 3 aromatic heterocycles. The van der Waals surface area contributed by atoms with E-state index in [2.05, 4.69) is 31.2 Å². The number of halogens is 2. The van der Waals surface area contributed by atoms with Crippen molar-refractivity contribution in [1.29, 1.82) is 5.26 Å². The van der Waals surface area contributed by atoms with E-state index in [4.69, 9.17) is 26.1 Å². The highest BCUT2D eigenvalue weighted by atomic mass is 35.5. The van der Waals surface area contributed by atoms with E-state index in [0.717, 1.165) is 37.9 Å². The zero-order chi connectivity index (χ0) is 28.6. The number of anilines is 1. The molecule has 12 heteroatoms. The molecule has 7 rings (SSSR count). The van der Waals surface area contributed by atoms with Crippen molar-refractivity contribution < 1.29 is 13.9 Å². The molecular weight excluding hydrogens is 559 g/mol. The van der Waals surface area contributed by atoms with Gasteiger partial charge in [-0.05, 0) is 18.9 Å². The Morgan fingerprint density at radius 2 is 2.14 bits per heavy atom. The number of benzene rings is 1. The van der Waals surface area contributed by atoms with Crippen LogP contribution in [-0.4, -0.2) is 89.0 Å². The van der Waals surface area contributed by atoms with E-state index in [1.165, 1.54) is 0 Å². The second-order valence-electron chi connectivity index (χ2n) is 11.0. The number of piperazine rings is 1. The van der Waals surface area contributed by atoms with Crippen molar-refractivity contribution >= 4 is 39.1 Å². The highest BCUT2D eigenvalue weighted by Crippen LogP contribution is 2.37. The number of hydrogen-bond acceptors (Lipinski definition) is 10. The maximum absolute atomic E-state index is 16.4. The summed E-state index contributed by atoms with van der Waals surface area (Å²) in [4.78, 5) is 22.6. The number of hydrogen-bond donors (Lipinski definition) is 1. The lowest BCUT2D eigenvalue weighted by Crippen LogP contribution is -2.51. The van der Waals surface area contributed by atoms with Crippen molar-refractivity contribution in [2.45, 2.75) is 37.5 Å². The Bertz CT molecular complexity index is 1680. The number of rotatable bonds is 8. The summed E-state index contributed by atoms with van der Waals surface area (Å²) < 4.78 is 28.2. The van der Waals surface area contributed by atoms with Crippen LogP contribution in [0.5, 0.6) is 6.01 Å². The predicted molar refractivity (Wildman–Crippen MR) is 157 cm³/mol. The zero-order valence-corrected chi connectivity index (χ0v) is 23.7. The SMILES string of the molecule is N#CC[C@H]1CN(c2nc(OCCCN3C[C@@H]4C[C@H]3CO4)nc3c(F)c(-c4cncc5cccc(Cl)c45)ncc23)CCN1. The van der Waals surface area contributed by atoms with Crippen molar-refractivity contribution in [2.24, 2.45) is 0 Å². The molecule has 42 heavy (non-hydrogen) atoms. The van der Waals surface area contributed by atoms with Gasteiger partial charge in [0.2, 0.25) is 0 Å². The lowest BCUT2D eigenvalue weighted by Gasteiger charge is -2.34. The number of nitrogens with zero attached hydrogens (tertiary/aromatic N) is 7. The van der Waals surface area contributed by atoms with Crippen LogP contribution in [0.3, 0.4) is 0 Å². The van der Waals surface area contributed by atoms with Crippen LogP contribution in [0, 0.1) is 17.1 Å². The molecule has 0 spiro atoms. The molecule has 3 aliphatic rings. The number of pyridine rings is 2. The molecule has 3 aliphatic heterocycles. The summed E-state index contributed by atoms with van der Waals surface area (Å²) in [6.07, 6.45) is 7.47. The molecule has 10 nitrogen and oxygen atoms in total. The first-order valence-corrected chi connectivity index (χ1v) is 14.7. The maximum atomic E-state index is 16.4. The Kier molecular flexibility index (Phi) is 7.46. The largest absolute Gasteiger partial charge is 0.463 e. The molecule has 0 aliphatic carbocycles. The Balaban J connectivity index is 1.24. The molecule has 1 aromatic carbocycles. The highest BCUT2D eigenvalue weighted by Gasteiger charge is 2.38. The van der Waals surface area contributed by atoms with Crippen LogP contribution in [0.25, 0.3) is 32.9 Å². The van der Waals surface area contributed by atoms with Crippen molar-refractivity contribution in [3.63, 3.8) is 0 Å². The minimum absolute atomic E-state index is 0.0288. The molecule has 3 atom stereocenters. The second kappa shape index (κ2) is 11.5. The van der Waals surface area contributed by atoms with E-state index >= 15 is 4.39 Å². The van der Waals surface area contributed by atoms with Gasteiger partial charge in [0.25, 0.3) is 0 Å². The number of nitrogens with one attached hydrogen (secondary N) is 1. The van der Waals surface area contributed by atoms with Crippen molar-refractivity contribution in [2.75, 3.05) is 50.8 Å². The molecule has 2 bridgehead atoms. The van der Waals surface area contributed by atoms with Crippen molar-refractivity contribution in [3.8, 4) is 23.3 Å². The Morgan fingerprint density at radius 1 is 1.21 bits per heavy atom. The summed E-state index contributed by atoms with van der Waals surface area (Å²) in [5.74, 6) is -0.0486. The lowest BCUT2D eigenvalue weighted by atomic mass is 10.0. The topological polar surface area (TPSA) is 112 Å². The van der Waals surface area contributed by atoms with E-state index in [9.17, 15) is 5.26 Å². The smallest absolute Gasteiger partial charge is 0.319 e. The van der Waals surface area contributed by atoms with E-state index in [0.29, 0.717) is 72.0 Å². The summed E-state index contributed by atoms with van der Waals surface area (Å²) in [6.45, 7) is 4.92. The fourth-order valence-corrected chi connectivity index (χ4v) is 6.62. The van der Waals surface area contributed by atoms with Gasteiger partial charge in [-0.3, -0.25) is 14.9 Å². The maximum Gasteiger partial charge on any atom is 0.319 e. The molecule has 1 N–H and O–H groups in total. The quantitative estimate of drug-likeness (QED) is 0.303. The predicted octanol–water partition coefficient (Wildman–Crippen LogP) is 3.97. The molecule has 216 valence electrons. The third-order valence-electron chi connectivity index (χ3n) is 8.36. The van der Waals surface area contributed by atoms with Crippen LogP contribution in [0.1, 0.15) is 19.3 Å². The number of fused-ring (bicyclic) bond motifs is 4. The highest BCUT2D eigenvalue weighted by molar-refractivity contribution is 6.36. The summed E-state index contributed by atoms with van der Waals surface area (Å²) in [6, 6.07) is 8.29. The van der Waals surface area contributed by atoms with Gasteiger partial charge in [0, 0.05) is 84.8 Å². The summed E-state index contributed by atoms with van der Waals surface area (Å²) >= 11 is 6.54. The minimum atomic E-state index is -0.591. The third kappa shape index (κ3) is 5.09. The Labute approximate surface area is 247 Å². The van der Waals surface area contributed by atoms with Crippen LogP contribution in [0.2, 0.25) is 5.02 Å². The van der Waals surface area contributed by atoms with Crippen LogP contribution in [-0.2, 0) is 4.74 Å². The Hall–Kier alpha value is -3.69. The molecule has 0 radical (unpaired) electrons. The monoisotopic (exact) mass is 588 g/mol. The first-order chi connectivity index (χ1) is 20.6. The third-order valence-corrected chi connectivity index (χ3v) is 8.67. The molecule has 6 heterocycles. The fraction of sp³-hybridized carbons (Fsp3) is 0.433. The van der Waals surface area contributed by atoms with Gasteiger partial charge >= 0.3 is 6.01 Å². The van der Waals surface area contributed by atoms with Crippen LogP contribution < -0.4 is 15.0 Å². The molecule has 0 amide bonds. The van der Waals surface area contributed by atoms with Gasteiger partial charge in [-0.1, -0.05) is 23.7 Å².